The molecule has 2 rings (SSSR count). The largest absolute Gasteiger partial charge is 0.396 e. The lowest BCUT2D eigenvalue weighted by Crippen LogP contribution is -2.39. The van der Waals surface area contributed by atoms with E-state index in [1.165, 1.54) is 18.2 Å². The fourth-order valence-electron chi connectivity index (χ4n) is 2.51. The summed E-state index contributed by atoms with van der Waals surface area (Å²) in [4.78, 5) is 24.5. The van der Waals surface area contributed by atoms with E-state index in [0.29, 0.717) is 13.1 Å². The molecule has 8 heteroatoms. The number of aliphatic hydroxyl groups excluding tert-OH is 1. The number of para-hydroxylation sites is 1. The lowest BCUT2D eigenvalue weighted by molar-refractivity contribution is -0.384. The van der Waals surface area contributed by atoms with Crippen LogP contribution in [-0.4, -0.2) is 40.5 Å². The van der Waals surface area contributed by atoms with E-state index in [9.17, 15) is 14.9 Å². The van der Waals surface area contributed by atoms with Gasteiger partial charge in [-0.25, -0.2) is 0 Å². The molecule has 1 aliphatic heterocycles. The number of aliphatic hydroxyl groups is 1. The van der Waals surface area contributed by atoms with Crippen LogP contribution in [0, 0.1) is 16.0 Å². The first-order valence-corrected chi connectivity index (χ1v) is 6.72. The van der Waals surface area contributed by atoms with E-state index >= 15 is 0 Å². The Bertz CT molecular complexity index is 541. The first kappa shape index (κ1) is 15.2. The average molecular weight is 294 g/mol. The van der Waals surface area contributed by atoms with Crippen molar-refractivity contribution < 1.29 is 14.8 Å². The van der Waals surface area contributed by atoms with Gasteiger partial charge in [0, 0.05) is 25.8 Å². The Morgan fingerprint density at radius 1 is 1.48 bits per heavy atom. The van der Waals surface area contributed by atoms with Crippen molar-refractivity contribution in [3.8, 4) is 0 Å². The van der Waals surface area contributed by atoms with E-state index in [4.69, 9.17) is 10.9 Å². The number of nitrogens with two attached hydrogens (primary N) is 1. The smallest absolute Gasteiger partial charge is 0.294 e. The van der Waals surface area contributed by atoms with Gasteiger partial charge in [-0.15, -0.1) is 0 Å². The highest BCUT2D eigenvalue weighted by Gasteiger charge is 2.27. The van der Waals surface area contributed by atoms with E-state index in [1.54, 1.807) is 4.90 Å². The minimum atomic E-state index is -0.579. The number of benzene rings is 1. The summed E-state index contributed by atoms with van der Waals surface area (Å²) in [5.41, 5.74) is 2.24. The summed E-state index contributed by atoms with van der Waals surface area (Å²) in [6.07, 6.45) is 1.45. The lowest BCUT2D eigenvalue weighted by Gasteiger charge is -2.31. The van der Waals surface area contributed by atoms with E-state index in [-0.39, 0.29) is 35.4 Å². The van der Waals surface area contributed by atoms with Crippen LogP contribution in [0.25, 0.3) is 0 Å². The van der Waals surface area contributed by atoms with Gasteiger partial charge in [-0.2, -0.15) is 0 Å². The number of hydrazine groups is 1. The molecule has 0 atom stereocenters. The maximum absolute atomic E-state index is 12.5. The molecule has 0 spiro atoms. The third-order valence-electron chi connectivity index (χ3n) is 3.77. The second-order valence-corrected chi connectivity index (χ2v) is 5.02. The fourth-order valence-corrected chi connectivity index (χ4v) is 2.51. The third kappa shape index (κ3) is 3.11. The molecular formula is C13H18N4O4. The Hall–Kier alpha value is -2.19. The van der Waals surface area contributed by atoms with Gasteiger partial charge >= 0.3 is 0 Å². The predicted molar refractivity (Wildman–Crippen MR) is 76.6 cm³/mol. The van der Waals surface area contributed by atoms with E-state index in [0.717, 1.165) is 12.8 Å². The summed E-state index contributed by atoms with van der Waals surface area (Å²) < 4.78 is 0. The molecule has 0 aromatic heterocycles. The van der Waals surface area contributed by atoms with Crippen molar-refractivity contribution >= 4 is 17.3 Å². The molecule has 114 valence electrons. The minimum Gasteiger partial charge on any atom is -0.396 e. The zero-order valence-corrected chi connectivity index (χ0v) is 11.5. The molecule has 0 bridgehead atoms. The summed E-state index contributed by atoms with van der Waals surface area (Å²) in [7, 11) is 0. The molecule has 21 heavy (non-hydrogen) atoms. The Morgan fingerprint density at radius 3 is 2.67 bits per heavy atom. The summed E-state index contributed by atoms with van der Waals surface area (Å²) in [6, 6.07) is 4.28. The Kier molecular flexibility index (Phi) is 4.71. The summed E-state index contributed by atoms with van der Waals surface area (Å²) in [6.45, 7) is 1.17. The van der Waals surface area contributed by atoms with E-state index in [1.807, 2.05) is 0 Å². The average Bonchev–Trinajstić information content (AvgIpc) is 2.53. The molecule has 0 unspecified atom stereocenters. The molecule has 1 fully saturated rings. The van der Waals surface area contributed by atoms with Crippen LogP contribution < -0.4 is 11.3 Å². The molecular weight excluding hydrogens is 276 g/mol. The van der Waals surface area contributed by atoms with Gasteiger partial charge in [0.2, 0.25) is 0 Å². The van der Waals surface area contributed by atoms with Crippen LogP contribution in [0.2, 0.25) is 0 Å². The number of carbonyl (C=O) groups is 1. The minimum absolute atomic E-state index is 0.0248. The van der Waals surface area contributed by atoms with E-state index < -0.39 is 4.92 Å². The molecule has 0 saturated carbocycles. The maximum atomic E-state index is 12.5. The predicted octanol–water partition coefficient (Wildman–Crippen LogP) is 0.725. The van der Waals surface area contributed by atoms with Crippen molar-refractivity contribution in [2.24, 2.45) is 11.8 Å². The third-order valence-corrected chi connectivity index (χ3v) is 3.77. The first-order valence-electron chi connectivity index (χ1n) is 6.72. The number of piperidine rings is 1. The number of hydrogen-bond donors (Lipinski definition) is 3. The van der Waals surface area contributed by atoms with Gasteiger partial charge in [0.25, 0.3) is 11.6 Å². The number of hydrogen-bond acceptors (Lipinski definition) is 6. The molecule has 1 saturated heterocycles. The molecule has 1 amide bonds. The fraction of sp³-hybridized carbons (Fsp3) is 0.462. The Balaban J connectivity index is 2.24. The van der Waals surface area contributed by atoms with Gasteiger partial charge < -0.3 is 15.4 Å². The SMILES string of the molecule is NNc1c(C(=O)N2CCC(CO)CC2)cccc1[N+](=O)[O-]. The standard InChI is InChI=1S/C13H18N4O4/c14-15-12-10(2-1-3-11(12)17(20)21)13(19)16-6-4-9(8-18)5-7-16/h1-3,9,15,18H,4-8,14H2. The van der Waals surface area contributed by atoms with Crippen molar-refractivity contribution in [2.45, 2.75) is 12.8 Å². The van der Waals surface area contributed by atoms with Crippen molar-refractivity contribution in [2.75, 3.05) is 25.1 Å². The van der Waals surface area contributed by atoms with Crippen LogP contribution in [0.15, 0.2) is 18.2 Å². The molecule has 1 aromatic carbocycles. The second kappa shape index (κ2) is 6.51. The topological polar surface area (TPSA) is 122 Å². The van der Waals surface area contributed by atoms with Crippen LogP contribution in [0.1, 0.15) is 23.2 Å². The number of rotatable bonds is 4. The van der Waals surface area contributed by atoms with Gasteiger partial charge in [-0.05, 0) is 24.8 Å². The van der Waals surface area contributed by atoms with Crippen molar-refractivity contribution in [3.63, 3.8) is 0 Å². The monoisotopic (exact) mass is 294 g/mol. The van der Waals surface area contributed by atoms with Gasteiger partial charge in [0.1, 0.15) is 5.69 Å². The van der Waals surface area contributed by atoms with Crippen LogP contribution in [-0.2, 0) is 0 Å². The van der Waals surface area contributed by atoms with E-state index in [2.05, 4.69) is 5.43 Å². The quantitative estimate of drug-likeness (QED) is 0.427. The molecule has 0 radical (unpaired) electrons. The number of nitrogen functional groups attached to an aromatic ring is 1. The van der Waals surface area contributed by atoms with Crippen LogP contribution in [0.4, 0.5) is 11.4 Å². The first-order chi connectivity index (χ1) is 10.1. The highest BCUT2D eigenvalue weighted by Crippen LogP contribution is 2.29. The number of anilines is 1. The zero-order chi connectivity index (χ0) is 15.4. The number of nitrogens with zero attached hydrogens (tertiary/aromatic N) is 2. The Labute approximate surface area is 121 Å². The number of nitro groups is 1. The molecule has 8 nitrogen and oxygen atoms in total. The highest BCUT2D eigenvalue weighted by atomic mass is 16.6. The Morgan fingerprint density at radius 2 is 2.14 bits per heavy atom. The number of amides is 1. The normalized spacial score (nSPS) is 15.8. The number of carbonyl (C=O) groups excluding carboxylic acids is 1. The summed E-state index contributed by atoms with van der Waals surface area (Å²) >= 11 is 0. The maximum Gasteiger partial charge on any atom is 0.294 e. The van der Waals surface area contributed by atoms with Gasteiger partial charge in [0.05, 0.1) is 10.5 Å². The van der Waals surface area contributed by atoms with Gasteiger partial charge in [-0.3, -0.25) is 20.8 Å². The highest BCUT2D eigenvalue weighted by molar-refractivity contribution is 6.01. The van der Waals surface area contributed by atoms with Crippen molar-refractivity contribution in [1.82, 2.24) is 4.90 Å². The van der Waals surface area contributed by atoms with Crippen molar-refractivity contribution in [3.05, 3.63) is 33.9 Å². The number of nitro benzene ring substituents is 1. The van der Waals surface area contributed by atoms with Gasteiger partial charge in [0.15, 0.2) is 0 Å². The second-order valence-electron chi connectivity index (χ2n) is 5.02. The number of nitrogens with one attached hydrogen (secondary N) is 1. The summed E-state index contributed by atoms with van der Waals surface area (Å²) in [5, 5.41) is 20.1. The molecule has 1 heterocycles. The van der Waals surface area contributed by atoms with Crippen LogP contribution in [0.3, 0.4) is 0 Å². The van der Waals surface area contributed by atoms with Gasteiger partial charge in [-0.1, -0.05) is 6.07 Å². The summed E-state index contributed by atoms with van der Waals surface area (Å²) in [5.74, 6) is 5.27. The number of likely N-dealkylation sites (tertiary alicyclic amines) is 1. The molecule has 1 aliphatic rings. The van der Waals surface area contributed by atoms with Crippen molar-refractivity contribution in [1.29, 1.82) is 0 Å². The van der Waals surface area contributed by atoms with Crippen LogP contribution >= 0.6 is 0 Å². The molecule has 0 aliphatic carbocycles. The lowest BCUT2D eigenvalue weighted by atomic mass is 9.97. The zero-order valence-electron chi connectivity index (χ0n) is 11.5. The molecule has 1 aromatic rings. The van der Waals surface area contributed by atoms with Crippen LogP contribution in [0.5, 0.6) is 0 Å². The molecule has 4 N–H and O–H groups in total.